The molecule has 0 aromatic rings. The molecular weight excluding hydrogens is 168 g/mol. The largest absolute Gasteiger partial charge is 0.0527 e. The number of rotatable bonds is 0. The van der Waals surface area contributed by atoms with Crippen molar-refractivity contribution in [3.05, 3.63) is 0 Å². The van der Waals surface area contributed by atoms with Crippen molar-refractivity contribution in [1.82, 2.24) is 0 Å². The third kappa shape index (κ3) is 0.605. The van der Waals surface area contributed by atoms with Crippen LogP contribution in [0.1, 0.15) is 70.6 Å². The molecule has 0 amide bonds. The van der Waals surface area contributed by atoms with Crippen molar-refractivity contribution in [3.8, 4) is 0 Å². The van der Waals surface area contributed by atoms with Gasteiger partial charge in [0.25, 0.3) is 0 Å². The highest BCUT2D eigenvalue weighted by molar-refractivity contribution is 5.23. The van der Waals surface area contributed by atoms with Crippen molar-refractivity contribution < 1.29 is 0 Å². The van der Waals surface area contributed by atoms with E-state index in [2.05, 4.69) is 0 Å². The van der Waals surface area contributed by atoms with Crippen LogP contribution in [0.3, 0.4) is 0 Å². The molecule has 0 bridgehead atoms. The summed E-state index contributed by atoms with van der Waals surface area (Å²) in [5.74, 6) is 0. The molecule has 14 heavy (non-hydrogen) atoms. The van der Waals surface area contributed by atoms with Gasteiger partial charge in [-0.1, -0.05) is 19.3 Å². The first kappa shape index (κ1) is 8.19. The quantitative estimate of drug-likeness (QED) is 0.534. The van der Waals surface area contributed by atoms with Crippen LogP contribution < -0.4 is 0 Å². The number of hydrogen-bond acceptors (Lipinski definition) is 0. The first-order valence-corrected chi connectivity index (χ1v) is 6.83. The lowest BCUT2D eigenvalue weighted by molar-refractivity contribution is -0.273. The second-order valence-corrected chi connectivity index (χ2v) is 6.70. The van der Waals surface area contributed by atoms with E-state index in [1.807, 2.05) is 0 Å². The van der Waals surface area contributed by atoms with Crippen LogP contribution in [0.4, 0.5) is 0 Å². The van der Waals surface area contributed by atoms with E-state index in [4.69, 9.17) is 0 Å². The molecule has 1 atom stereocenters. The van der Waals surface area contributed by atoms with Gasteiger partial charge in [0.05, 0.1) is 0 Å². The van der Waals surface area contributed by atoms with E-state index in [-0.39, 0.29) is 0 Å². The maximum Gasteiger partial charge on any atom is -0.0184 e. The Morgan fingerprint density at radius 1 is 0.429 bits per heavy atom. The van der Waals surface area contributed by atoms with E-state index in [0.29, 0.717) is 0 Å². The highest BCUT2D eigenvalue weighted by Gasteiger charge is 2.73. The van der Waals surface area contributed by atoms with Crippen LogP contribution in [0, 0.1) is 16.2 Å². The van der Waals surface area contributed by atoms with E-state index in [1.54, 1.807) is 70.6 Å². The van der Waals surface area contributed by atoms with Gasteiger partial charge in [0.1, 0.15) is 0 Å². The molecule has 0 heteroatoms. The van der Waals surface area contributed by atoms with Crippen LogP contribution in [0.25, 0.3) is 0 Å². The topological polar surface area (TPSA) is 0 Å². The Kier molecular flexibility index (Phi) is 1.30. The summed E-state index contributed by atoms with van der Waals surface area (Å²) in [7, 11) is 0. The van der Waals surface area contributed by atoms with Gasteiger partial charge in [-0.05, 0) is 67.6 Å². The van der Waals surface area contributed by atoms with E-state index >= 15 is 0 Å². The fourth-order valence-electron chi connectivity index (χ4n) is 5.89. The zero-order chi connectivity index (χ0) is 9.28. The molecule has 4 saturated carbocycles. The molecule has 0 N–H and O–H groups in total. The maximum absolute atomic E-state index is 1.62. The number of fused-ring (bicyclic) bond motifs is 2. The molecule has 4 fully saturated rings. The van der Waals surface area contributed by atoms with Gasteiger partial charge in [0.2, 0.25) is 0 Å². The van der Waals surface area contributed by atoms with Crippen LogP contribution in [-0.2, 0) is 0 Å². The van der Waals surface area contributed by atoms with Gasteiger partial charge in [-0.25, -0.2) is 0 Å². The molecule has 4 aliphatic rings. The standard InChI is InChI=1S/C14H22/c1-2-5-12(4-1)8-10-14(12)11-9-13(14)6-3-7-13/h1-11H2/t14-/m1/s1. The summed E-state index contributed by atoms with van der Waals surface area (Å²) in [6, 6.07) is 0. The second kappa shape index (κ2) is 2.23. The average Bonchev–Trinajstić information content (AvgIpc) is 2.47. The average molecular weight is 190 g/mol. The third-order valence-electron chi connectivity index (χ3n) is 6.96. The predicted octanol–water partition coefficient (Wildman–Crippen LogP) is 4.29. The van der Waals surface area contributed by atoms with Crippen LogP contribution >= 0.6 is 0 Å². The lowest BCUT2D eigenvalue weighted by atomic mass is 9.28. The summed E-state index contributed by atoms with van der Waals surface area (Å²) < 4.78 is 0. The van der Waals surface area contributed by atoms with Crippen molar-refractivity contribution in [2.45, 2.75) is 70.6 Å². The van der Waals surface area contributed by atoms with Gasteiger partial charge < -0.3 is 0 Å². The van der Waals surface area contributed by atoms with Crippen molar-refractivity contribution in [3.63, 3.8) is 0 Å². The van der Waals surface area contributed by atoms with Gasteiger partial charge in [-0.2, -0.15) is 0 Å². The Labute approximate surface area is 87.5 Å². The fourth-order valence-corrected chi connectivity index (χ4v) is 5.89. The lowest BCUT2D eigenvalue weighted by Crippen LogP contribution is -2.68. The lowest BCUT2D eigenvalue weighted by Gasteiger charge is -2.77. The Bertz CT molecular complexity index is 258. The fraction of sp³-hybridized carbons (Fsp3) is 1.00. The number of hydrogen-bond donors (Lipinski definition) is 0. The van der Waals surface area contributed by atoms with Crippen LogP contribution in [0.15, 0.2) is 0 Å². The predicted molar refractivity (Wildman–Crippen MR) is 58.1 cm³/mol. The van der Waals surface area contributed by atoms with Gasteiger partial charge in [-0.15, -0.1) is 0 Å². The highest BCUT2D eigenvalue weighted by atomic mass is 14.8. The van der Waals surface area contributed by atoms with Crippen molar-refractivity contribution in [2.75, 3.05) is 0 Å². The summed E-state index contributed by atoms with van der Waals surface area (Å²) >= 11 is 0. The third-order valence-corrected chi connectivity index (χ3v) is 6.96. The summed E-state index contributed by atoms with van der Waals surface area (Å²) in [6.07, 6.45) is 17.5. The smallest absolute Gasteiger partial charge is 0.0184 e. The van der Waals surface area contributed by atoms with Crippen LogP contribution in [0.2, 0.25) is 0 Å². The Balaban J connectivity index is 1.70. The molecule has 0 unspecified atom stereocenters. The zero-order valence-electron chi connectivity index (χ0n) is 9.28. The molecule has 0 nitrogen and oxygen atoms in total. The molecule has 4 rings (SSSR count). The SMILES string of the molecule is C1CCC2(C1)CC[C@@]21CCC12CCC2. The Morgan fingerprint density at radius 2 is 0.929 bits per heavy atom. The molecule has 0 radical (unpaired) electrons. The Hall–Kier alpha value is 0. The summed E-state index contributed by atoms with van der Waals surface area (Å²) in [5.41, 5.74) is 2.72. The van der Waals surface area contributed by atoms with E-state index in [0.717, 1.165) is 16.2 Å². The summed E-state index contributed by atoms with van der Waals surface area (Å²) in [5, 5.41) is 0. The zero-order valence-corrected chi connectivity index (χ0v) is 9.28. The maximum atomic E-state index is 1.62. The van der Waals surface area contributed by atoms with E-state index in [1.165, 1.54) is 0 Å². The summed E-state index contributed by atoms with van der Waals surface area (Å²) in [4.78, 5) is 0. The van der Waals surface area contributed by atoms with Gasteiger partial charge >= 0.3 is 0 Å². The first-order chi connectivity index (χ1) is 6.83. The molecule has 0 heterocycles. The first-order valence-electron chi connectivity index (χ1n) is 6.83. The molecule has 0 aliphatic heterocycles. The monoisotopic (exact) mass is 190 g/mol. The van der Waals surface area contributed by atoms with E-state index < -0.39 is 0 Å². The molecular formula is C14H22. The van der Waals surface area contributed by atoms with Crippen molar-refractivity contribution in [2.24, 2.45) is 16.2 Å². The molecule has 78 valence electrons. The molecule has 0 aromatic heterocycles. The van der Waals surface area contributed by atoms with Gasteiger partial charge in [0, 0.05) is 0 Å². The molecule has 4 aliphatic carbocycles. The van der Waals surface area contributed by atoms with Crippen LogP contribution in [-0.4, -0.2) is 0 Å². The minimum absolute atomic E-state index is 0.895. The minimum atomic E-state index is 0.895. The Morgan fingerprint density at radius 3 is 1.21 bits per heavy atom. The van der Waals surface area contributed by atoms with Crippen molar-refractivity contribution in [1.29, 1.82) is 0 Å². The molecule has 0 aromatic carbocycles. The highest BCUT2D eigenvalue weighted by Crippen LogP contribution is 2.83. The summed E-state index contributed by atoms with van der Waals surface area (Å²) in [6.45, 7) is 0. The minimum Gasteiger partial charge on any atom is -0.0527 e. The van der Waals surface area contributed by atoms with Crippen LogP contribution in [0.5, 0.6) is 0 Å². The second-order valence-electron chi connectivity index (χ2n) is 6.70. The van der Waals surface area contributed by atoms with Crippen molar-refractivity contribution >= 4 is 0 Å². The molecule has 0 saturated heterocycles. The van der Waals surface area contributed by atoms with E-state index in [9.17, 15) is 0 Å². The van der Waals surface area contributed by atoms with Gasteiger partial charge in [-0.3, -0.25) is 0 Å². The molecule has 3 spiro atoms. The normalized spacial score (nSPS) is 46.3. The van der Waals surface area contributed by atoms with Gasteiger partial charge in [0.15, 0.2) is 0 Å².